The van der Waals surface area contributed by atoms with Gasteiger partial charge in [0.15, 0.2) is 0 Å². The SMILES string of the molecule is Fc1ccc(CN2CCc3c([nH]c4ccccc34)C2)c(F)c1. The van der Waals surface area contributed by atoms with E-state index in [1.807, 2.05) is 6.07 Å². The number of hydrogen-bond donors (Lipinski definition) is 1. The van der Waals surface area contributed by atoms with Gasteiger partial charge >= 0.3 is 0 Å². The second-order valence-electron chi connectivity index (χ2n) is 5.82. The van der Waals surface area contributed by atoms with Gasteiger partial charge in [0.2, 0.25) is 0 Å². The van der Waals surface area contributed by atoms with Gasteiger partial charge in [0, 0.05) is 47.9 Å². The molecular weight excluding hydrogens is 282 g/mol. The van der Waals surface area contributed by atoms with E-state index >= 15 is 0 Å². The van der Waals surface area contributed by atoms with Crippen molar-refractivity contribution in [3.05, 3.63) is 70.9 Å². The molecule has 2 aromatic carbocycles. The fraction of sp³-hybridized carbons (Fsp3) is 0.222. The molecule has 0 saturated heterocycles. The summed E-state index contributed by atoms with van der Waals surface area (Å²) in [4.78, 5) is 5.65. The van der Waals surface area contributed by atoms with E-state index in [1.54, 1.807) is 0 Å². The Balaban J connectivity index is 1.59. The molecular formula is C18H16F2N2. The highest BCUT2D eigenvalue weighted by Gasteiger charge is 2.21. The molecule has 0 radical (unpaired) electrons. The van der Waals surface area contributed by atoms with Crippen LogP contribution in [0, 0.1) is 11.6 Å². The van der Waals surface area contributed by atoms with E-state index in [0.717, 1.165) is 31.1 Å². The number of H-pyrrole nitrogens is 1. The molecule has 0 bridgehead atoms. The van der Waals surface area contributed by atoms with Crippen molar-refractivity contribution < 1.29 is 8.78 Å². The van der Waals surface area contributed by atoms with Crippen LogP contribution in [0.1, 0.15) is 16.8 Å². The van der Waals surface area contributed by atoms with Gasteiger partial charge in [-0.15, -0.1) is 0 Å². The van der Waals surface area contributed by atoms with Crippen molar-refractivity contribution >= 4 is 10.9 Å². The van der Waals surface area contributed by atoms with Crippen LogP contribution in [0.3, 0.4) is 0 Å². The maximum absolute atomic E-state index is 13.8. The zero-order valence-electron chi connectivity index (χ0n) is 12.1. The predicted octanol–water partition coefficient (Wildman–Crippen LogP) is 4.00. The number of para-hydroxylation sites is 1. The summed E-state index contributed by atoms with van der Waals surface area (Å²) in [5.41, 5.74) is 4.27. The van der Waals surface area contributed by atoms with E-state index in [0.29, 0.717) is 12.1 Å². The fourth-order valence-electron chi connectivity index (χ4n) is 3.27. The van der Waals surface area contributed by atoms with Gasteiger partial charge in [0.1, 0.15) is 11.6 Å². The molecule has 0 amide bonds. The molecule has 1 aromatic heterocycles. The summed E-state index contributed by atoms with van der Waals surface area (Å²) in [5.74, 6) is -1.000. The number of rotatable bonds is 2. The summed E-state index contributed by atoms with van der Waals surface area (Å²) in [6, 6.07) is 12.1. The fourth-order valence-corrected chi connectivity index (χ4v) is 3.27. The lowest BCUT2D eigenvalue weighted by Crippen LogP contribution is -2.30. The molecule has 0 saturated carbocycles. The van der Waals surface area contributed by atoms with Gasteiger partial charge in [-0.25, -0.2) is 8.78 Å². The molecule has 0 spiro atoms. The van der Waals surface area contributed by atoms with Crippen LogP contribution in [-0.4, -0.2) is 16.4 Å². The second kappa shape index (κ2) is 5.21. The molecule has 4 rings (SSSR count). The van der Waals surface area contributed by atoms with Gasteiger partial charge < -0.3 is 4.98 Å². The molecule has 0 aliphatic carbocycles. The highest BCUT2D eigenvalue weighted by Crippen LogP contribution is 2.28. The van der Waals surface area contributed by atoms with Gasteiger partial charge in [-0.1, -0.05) is 24.3 Å². The van der Waals surface area contributed by atoms with Crippen LogP contribution in [0.5, 0.6) is 0 Å². The average molecular weight is 298 g/mol. The van der Waals surface area contributed by atoms with Crippen molar-refractivity contribution in [3.8, 4) is 0 Å². The number of halogens is 2. The van der Waals surface area contributed by atoms with Gasteiger partial charge in [-0.05, 0) is 24.1 Å². The Morgan fingerprint density at radius 3 is 2.82 bits per heavy atom. The normalized spacial score (nSPS) is 15.2. The summed E-state index contributed by atoms with van der Waals surface area (Å²) in [5, 5.41) is 1.28. The first-order chi connectivity index (χ1) is 10.7. The summed E-state index contributed by atoms with van der Waals surface area (Å²) in [6.45, 7) is 2.15. The van der Waals surface area contributed by atoms with Crippen LogP contribution in [0.4, 0.5) is 8.78 Å². The smallest absolute Gasteiger partial charge is 0.130 e. The molecule has 1 aliphatic rings. The van der Waals surface area contributed by atoms with Crippen LogP contribution in [0.2, 0.25) is 0 Å². The molecule has 1 N–H and O–H groups in total. The first kappa shape index (κ1) is 13.5. The lowest BCUT2D eigenvalue weighted by atomic mass is 10.0. The summed E-state index contributed by atoms with van der Waals surface area (Å²) in [7, 11) is 0. The number of aromatic nitrogens is 1. The monoisotopic (exact) mass is 298 g/mol. The predicted molar refractivity (Wildman–Crippen MR) is 82.5 cm³/mol. The Labute approximate surface area is 127 Å². The summed E-state index contributed by atoms with van der Waals surface area (Å²) < 4.78 is 26.8. The Kier molecular flexibility index (Phi) is 3.19. The van der Waals surface area contributed by atoms with E-state index in [9.17, 15) is 8.78 Å². The Hall–Kier alpha value is -2.20. The van der Waals surface area contributed by atoms with Crippen LogP contribution in [0.25, 0.3) is 10.9 Å². The van der Waals surface area contributed by atoms with Gasteiger partial charge in [0.05, 0.1) is 0 Å². The zero-order valence-corrected chi connectivity index (χ0v) is 12.1. The van der Waals surface area contributed by atoms with Crippen molar-refractivity contribution in [1.29, 1.82) is 0 Å². The van der Waals surface area contributed by atoms with E-state index in [1.165, 1.54) is 28.8 Å². The molecule has 2 heterocycles. The molecule has 0 atom stereocenters. The number of fused-ring (bicyclic) bond motifs is 3. The minimum Gasteiger partial charge on any atom is -0.357 e. The molecule has 3 aromatic rings. The van der Waals surface area contributed by atoms with Crippen LogP contribution in [-0.2, 0) is 19.5 Å². The Morgan fingerprint density at radius 2 is 1.95 bits per heavy atom. The minimum absolute atomic E-state index is 0.470. The molecule has 4 heteroatoms. The molecule has 1 aliphatic heterocycles. The molecule has 112 valence electrons. The Morgan fingerprint density at radius 1 is 1.09 bits per heavy atom. The van der Waals surface area contributed by atoms with Crippen molar-refractivity contribution in [3.63, 3.8) is 0 Å². The van der Waals surface area contributed by atoms with Gasteiger partial charge in [-0.3, -0.25) is 4.90 Å². The zero-order chi connectivity index (χ0) is 15.1. The van der Waals surface area contributed by atoms with E-state index in [-0.39, 0.29) is 0 Å². The van der Waals surface area contributed by atoms with E-state index < -0.39 is 11.6 Å². The maximum Gasteiger partial charge on any atom is 0.130 e. The highest BCUT2D eigenvalue weighted by atomic mass is 19.1. The van der Waals surface area contributed by atoms with Crippen molar-refractivity contribution in [2.75, 3.05) is 6.54 Å². The first-order valence-corrected chi connectivity index (χ1v) is 7.45. The third kappa shape index (κ3) is 2.29. The van der Waals surface area contributed by atoms with E-state index in [2.05, 4.69) is 28.1 Å². The minimum atomic E-state index is -0.530. The van der Waals surface area contributed by atoms with Crippen LogP contribution in [0.15, 0.2) is 42.5 Å². The maximum atomic E-state index is 13.8. The quantitative estimate of drug-likeness (QED) is 0.757. The Bertz CT molecular complexity index is 838. The highest BCUT2D eigenvalue weighted by molar-refractivity contribution is 5.84. The van der Waals surface area contributed by atoms with Crippen molar-refractivity contribution in [2.24, 2.45) is 0 Å². The second-order valence-corrected chi connectivity index (χ2v) is 5.82. The summed E-state index contributed by atoms with van der Waals surface area (Å²) in [6.07, 6.45) is 0.947. The number of nitrogens with zero attached hydrogens (tertiary/aromatic N) is 1. The molecule has 22 heavy (non-hydrogen) atoms. The third-order valence-corrected chi connectivity index (χ3v) is 4.37. The van der Waals surface area contributed by atoms with Crippen molar-refractivity contribution in [1.82, 2.24) is 9.88 Å². The first-order valence-electron chi connectivity index (χ1n) is 7.45. The molecule has 0 unspecified atom stereocenters. The molecule has 2 nitrogen and oxygen atoms in total. The standard InChI is InChI=1S/C18H16F2N2/c19-13-6-5-12(16(20)9-13)10-22-8-7-15-14-3-1-2-4-17(14)21-18(15)11-22/h1-6,9,21H,7-8,10-11H2. The lowest BCUT2D eigenvalue weighted by Gasteiger charge is -2.27. The number of nitrogens with one attached hydrogen (secondary N) is 1. The van der Waals surface area contributed by atoms with Crippen molar-refractivity contribution in [2.45, 2.75) is 19.5 Å². The summed E-state index contributed by atoms with van der Waals surface area (Å²) >= 11 is 0. The average Bonchev–Trinajstić information content (AvgIpc) is 2.88. The van der Waals surface area contributed by atoms with Crippen LogP contribution >= 0.6 is 0 Å². The topological polar surface area (TPSA) is 19.0 Å². The number of hydrogen-bond acceptors (Lipinski definition) is 1. The number of aromatic amines is 1. The number of benzene rings is 2. The van der Waals surface area contributed by atoms with E-state index in [4.69, 9.17) is 0 Å². The largest absolute Gasteiger partial charge is 0.357 e. The van der Waals surface area contributed by atoms with Gasteiger partial charge in [-0.2, -0.15) is 0 Å². The molecule has 0 fully saturated rings. The third-order valence-electron chi connectivity index (χ3n) is 4.37. The van der Waals surface area contributed by atoms with Crippen LogP contribution < -0.4 is 0 Å². The lowest BCUT2D eigenvalue weighted by molar-refractivity contribution is 0.240. The van der Waals surface area contributed by atoms with Gasteiger partial charge in [0.25, 0.3) is 0 Å².